The summed E-state index contributed by atoms with van der Waals surface area (Å²) in [5.41, 5.74) is 5.02. The normalized spacial score (nSPS) is 11.0. The second-order valence-corrected chi connectivity index (χ2v) is 3.76. The zero-order valence-electron chi connectivity index (χ0n) is 9.45. The summed E-state index contributed by atoms with van der Waals surface area (Å²) < 4.78 is 0. The number of allylic oxidation sites excluding steroid dienone is 2. The quantitative estimate of drug-likeness (QED) is 0.431. The standard InChI is InChI=1S/C12H23NO2/c13-12(15)10-8-6-4-2-1-3-5-7-9-11-14/h1-2,14H,3-11H2,(H2,13,15)/b2-1+. The lowest BCUT2D eigenvalue weighted by molar-refractivity contribution is -0.118. The Labute approximate surface area is 92.4 Å². The Balaban J connectivity index is 3.07. The third-order valence-corrected chi connectivity index (χ3v) is 2.24. The average Bonchev–Trinajstić information content (AvgIpc) is 2.20. The maximum Gasteiger partial charge on any atom is 0.217 e. The van der Waals surface area contributed by atoms with Gasteiger partial charge in [-0.15, -0.1) is 0 Å². The molecule has 0 rings (SSSR count). The molecule has 88 valence electrons. The Kier molecular flexibility index (Phi) is 10.6. The van der Waals surface area contributed by atoms with Crippen molar-refractivity contribution >= 4 is 5.91 Å². The predicted molar refractivity (Wildman–Crippen MR) is 62.4 cm³/mol. The van der Waals surface area contributed by atoms with Gasteiger partial charge in [0.05, 0.1) is 0 Å². The van der Waals surface area contributed by atoms with Crippen molar-refractivity contribution in [3.63, 3.8) is 0 Å². The third kappa shape index (κ3) is 13.2. The van der Waals surface area contributed by atoms with Crippen LogP contribution in [0, 0.1) is 0 Å². The number of amides is 1. The fourth-order valence-corrected chi connectivity index (χ4v) is 1.35. The molecule has 0 unspecified atom stereocenters. The van der Waals surface area contributed by atoms with Gasteiger partial charge in [0.2, 0.25) is 5.91 Å². The summed E-state index contributed by atoms with van der Waals surface area (Å²) in [6, 6.07) is 0. The molecule has 3 heteroatoms. The minimum atomic E-state index is -0.206. The summed E-state index contributed by atoms with van der Waals surface area (Å²) in [6.07, 6.45) is 12.1. The molecule has 0 aromatic rings. The van der Waals surface area contributed by atoms with Crippen LogP contribution in [0.15, 0.2) is 12.2 Å². The second kappa shape index (κ2) is 11.2. The van der Waals surface area contributed by atoms with E-state index in [1.807, 2.05) is 0 Å². The van der Waals surface area contributed by atoms with Crippen molar-refractivity contribution < 1.29 is 9.90 Å². The van der Waals surface area contributed by atoms with E-state index in [1.165, 1.54) is 0 Å². The van der Waals surface area contributed by atoms with Gasteiger partial charge in [0.15, 0.2) is 0 Å². The second-order valence-electron chi connectivity index (χ2n) is 3.76. The first-order valence-electron chi connectivity index (χ1n) is 5.81. The molecule has 0 spiro atoms. The molecule has 0 aliphatic heterocycles. The summed E-state index contributed by atoms with van der Waals surface area (Å²) in [6.45, 7) is 0.302. The fourth-order valence-electron chi connectivity index (χ4n) is 1.35. The van der Waals surface area contributed by atoms with Crippen molar-refractivity contribution in [3.05, 3.63) is 12.2 Å². The largest absolute Gasteiger partial charge is 0.396 e. The zero-order chi connectivity index (χ0) is 11.4. The van der Waals surface area contributed by atoms with Gasteiger partial charge in [0.1, 0.15) is 0 Å². The van der Waals surface area contributed by atoms with Crippen LogP contribution in [-0.2, 0) is 4.79 Å². The highest BCUT2D eigenvalue weighted by atomic mass is 16.2. The van der Waals surface area contributed by atoms with Crippen LogP contribution in [0.25, 0.3) is 0 Å². The SMILES string of the molecule is NC(=O)CCCC/C=C/CCCCCO. The summed E-state index contributed by atoms with van der Waals surface area (Å²) in [7, 11) is 0. The summed E-state index contributed by atoms with van der Waals surface area (Å²) >= 11 is 0. The Morgan fingerprint density at radius 3 is 2.13 bits per heavy atom. The van der Waals surface area contributed by atoms with E-state index < -0.39 is 0 Å². The Hall–Kier alpha value is -0.830. The highest BCUT2D eigenvalue weighted by Crippen LogP contribution is 2.03. The molecule has 0 aromatic heterocycles. The molecule has 0 saturated carbocycles. The molecule has 3 nitrogen and oxygen atoms in total. The molecule has 0 saturated heterocycles. The Bertz CT molecular complexity index is 178. The molecule has 0 atom stereocenters. The van der Waals surface area contributed by atoms with Crippen molar-refractivity contribution in [2.24, 2.45) is 5.73 Å². The van der Waals surface area contributed by atoms with E-state index in [-0.39, 0.29) is 5.91 Å². The van der Waals surface area contributed by atoms with Crippen LogP contribution in [-0.4, -0.2) is 17.6 Å². The number of aliphatic hydroxyl groups is 1. The number of rotatable bonds is 10. The highest BCUT2D eigenvalue weighted by Gasteiger charge is 1.92. The van der Waals surface area contributed by atoms with Gasteiger partial charge >= 0.3 is 0 Å². The number of nitrogens with two attached hydrogens (primary N) is 1. The van der Waals surface area contributed by atoms with Crippen LogP contribution in [0.3, 0.4) is 0 Å². The van der Waals surface area contributed by atoms with Crippen LogP contribution in [0.2, 0.25) is 0 Å². The van der Waals surface area contributed by atoms with E-state index in [1.54, 1.807) is 0 Å². The molecular formula is C12H23NO2. The van der Waals surface area contributed by atoms with Crippen molar-refractivity contribution in [1.29, 1.82) is 0 Å². The number of carbonyl (C=O) groups excluding carboxylic acids is 1. The van der Waals surface area contributed by atoms with E-state index in [9.17, 15) is 4.79 Å². The molecule has 0 aliphatic rings. The molecule has 0 aromatic carbocycles. The van der Waals surface area contributed by atoms with Gasteiger partial charge in [-0.3, -0.25) is 4.79 Å². The lowest BCUT2D eigenvalue weighted by Crippen LogP contribution is -2.09. The summed E-state index contributed by atoms with van der Waals surface area (Å²) in [5.74, 6) is -0.206. The molecule has 0 bridgehead atoms. The number of primary amides is 1. The molecule has 0 fully saturated rings. The number of aliphatic hydroxyl groups excluding tert-OH is 1. The minimum absolute atomic E-state index is 0.206. The molecule has 0 radical (unpaired) electrons. The van der Waals surface area contributed by atoms with Crippen LogP contribution in [0.1, 0.15) is 51.4 Å². The number of hydrogen-bond acceptors (Lipinski definition) is 2. The van der Waals surface area contributed by atoms with Gasteiger partial charge in [-0.1, -0.05) is 18.6 Å². The lowest BCUT2D eigenvalue weighted by Gasteiger charge is -1.95. The smallest absolute Gasteiger partial charge is 0.217 e. The Morgan fingerprint density at radius 2 is 1.60 bits per heavy atom. The molecule has 0 aliphatic carbocycles. The molecule has 15 heavy (non-hydrogen) atoms. The van der Waals surface area contributed by atoms with E-state index in [0.29, 0.717) is 13.0 Å². The molecule has 1 amide bonds. The first kappa shape index (κ1) is 14.2. The maximum absolute atomic E-state index is 10.4. The first-order valence-corrected chi connectivity index (χ1v) is 5.81. The van der Waals surface area contributed by atoms with Gasteiger partial charge in [0, 0.05) is 13.0 Å². The van der Waals surface area contributed by atoms with Crippen LogP contribution < -0.4 is 5.73 Å². The van der Waals surface area contributed by atoms with Gasteiger partial charge in [-0.05, 0) is 38.5 Å². The maximum atomic E-state index is 10.4. The minimum Gasteiger partial charge on any atom is -0.396 e. The van der Waals surface area contributed by atoms with Crippen molar-refractivity contribution in [1.82, 2.24) is 0 Å². The van der Waals surface area contributed by atoms with Gasteiger partial charge in [-0.2, -0.15) is 0 Å². The van der Waals surface area contributed by atoms with E-state index >= 15 is 0 Å². The first-order chi connectivity index (χ1) is 7.27. The molecule has 3 N–H and O–H groups in total. The van der Waals surface area contributed by atoms with Crippen LogP contribution in [0.4, 0.5) is 0 Å². The predicted octanol–water partition coefficient (Wildman–Crippen LogP) is 2.14. The van der Waals surface area contributed by atoms with Gasteiger partial charge < -0.3 is 10.8 Å². The van der Waals surface area contributed by atoms with E-state index in [0.717, 1.165) is 44.9 Å². The topological polar surface area (TPSA) is 63.3 Å². The van der Waals surface area contributed by atoms with E-state index in [2.05, 4.69) is 12.2 Å². The lowest BCUT2D eigenvalue weighted by atomic mass is 10.1. The van der Waals surface area contributed by atoms with Crippen LogP contribution in [0.5, 0.6) is 0 Å². The van der Waals surface area contributed by atoms with Crippen molar-refractivity contribution in [3.8, 4) is 0 Å². The fraction of sp³-hybridized carbons (Fsp3) is 0.750. The molecule has 0 heterocycles. The zero-order valence-corrected chi connectivity index (χ0v) is 9.45. The van der Waals surface area contributed by atoms with Crippen LogP contribution >= 0.6 is 0 Å². The highest BCUT2D eigenvalue weighted by molar-refractivity contribution is 5.73. The van der Waals surface area contributed by atoms with Crippen molar-refractivity contribution in [2.45, 2.75) is 51.4 Å². The van der Waals surface area contributed by atoms with Crippen molar-refractivity contribution in [2.75, 3.05) is 6.61 Å². The number of carbonyl (C=O) groups is 1. The number of unbranched alkanes of at least 4 members (excludes halogenated alkanes) is 5. The number of hydrogen-bond donors (Lipinski definition) is 2. The molecular weight excluding hydrogens is 190 g/mol. The van der Waals surface area contributed by atoms with Gasteiger partial charge in [-0.25, -0.2) is 0 Å². The monoisotopic (exact) mass is 213 g/mol. The average molecular weight is 213 g/mol. The summed E-state index contributed by atoms with van der Waals surface area (Å²) in [5, 5.41) is 8.56. The summed E-state index contributed by atoms with van der Waals surface area (Å²) in [4.78, 5) is 10.4. The van der Waals surface area contributed by atoms with Gasteiger partial charge in [0.25, 0.3) is 0 Å². The Morgan fingerprint density at radius 1 is 1.00 bits per heavy atom. The van der Waals surface area contributed by atoms with E-state index in [4.69, 9.17) is 10.8 Å². The third-order valence-electron chi connectivity index (χ3n) is 2.24.